The smallest absolute Gasteiger partial charge is 0.316 e. The molecule has 1 saturated heterocycles. The van der Waals surface area contributed by atoms with E-state index in [0.717, 1.165) is 16.8 Å². The molecule has 8 nitrogen and oxygen atoms in total. The number of rotatable bonds is 9. The maximum Gasteiger partial charge on any atom is 0.316 e. The molecule has 1 saturated carbocycles. The average Bonchev–Trinajstić information content (AvgIpc) is 3.68. The number of nitrogens with zero attached hydrogens (tertiary/aromatic N) is 4. The highest BCUT2D eigenvalue weighted by Gasteiger charge is 2.35. The summed E-state index contributed by atoms with van der Waals surface area (Å²) in [4.78, 5) is 15.2. The van der Waals surface area contributed by atoms with E-state index in [-0.39, 0.29) is 55.2 Å². The largest absolute Gasteiger partial charge is 0.457 e. The Kier molecular flexibility index (Phi) is 7.76. The first-order valence-corrected chi connectivity index (χ1v) is 14.1. The van der Waals surface area contributed by atoms with Crippen LogP contribution in [0.25, 0.3) is 5.69 Å². The quantitative estimate of drug-likeness (QED) is 0.372. The van der Waals surface area contributed by atoms with Crippen molar-refractivity contribution in [2.45, 2.75) is 12.2 Å². The van der Waals surface area contributed by atoms with E-state index in [9.17, 15) is 26.4 Å². The molecule has 12 heteroatoms. The molecule has 3 aromatic rings. The van der Waals surface area contributed by atoms with Crippen molar-refractivity contribution < 1.29 is 26.3 Å². The SMILES string of the molecule is O=c1c(O/C=C/C2C[C@@H]2CF)c(N2CCN(S(=O)(=O)Cc3ccccc3)CC2)cnn1-c1cc(F)cc(F)c1. The highest BCUT2D eigenvalue weighted by Crippen LogP contribution is 2.40. The minimum atomic E-state index is -3.55. The maximum atomic E-state index is 13.8. The minimum Gasteiger partial charge on any atom is -0.457 e. The van der Waals surface area contributed by atoms with Gasteiger partial charge in [0.1, 0.15) is 17.3 Å². The monoisotopic (exact) mass is 560 g/mol. The number of allylic oxidation sites excluding steroid dienone is 1. The van der Waals surface area contributed by atoms with Crippen LogP contribution in [0.15, 0.2) is 71.9 Å². The molecule has 2 heterocycles. The fourth-order valence-electron chi connectivity index (χ4n) is 4.59. The van der Waals surface area contributed by atoms with Crippen LogP contribution in [-0.4, -0.2) is 55.4 Å². The number of alkyl halides is 1. The predicted molar refractivity (Wildman–Crippen MR) is 140 cm³/mol. The van der Waals surface area contributed by atoms with Gasteiger partial charge in [-0.05, 0) is 42.0 Å². The van der Waals surface area contributed by atoms with Crippen molar-refractivity contribution in [2.24, 2.45) is 11.8 Å². The zero-order chi connectivity index (χ0) is 27.6. The molecule has 2 aromatic carbocycles. The highest BCUT2D eigenvalue weighted by atomic mass is 32.2. The normalized spacial score (nSPS) is 19.9. The van der Waals surface area contributed by atoms with Crippen LogP contribution < -0.4 is 15.2 Å². The summed E-state index contributed by atoms with van der Waals surface area (Å²) in [7, 11) is -3.55. The Hall–Kier alpha value is -3.64. The molecule has 0 bridgehead atoms. The maximum absolute atomic E-state index is 13.8. The van der Waals surface area contributed by atoms with Gasteiger partial charge in [0.15, 0.2) is 0 Å². The summed E-state index contributed by atoms with van der Waals surface area (Å²) in [6.07, 6.45) is 5.03. The summed E-state index contributed by atoms with van der Waals surface area (Å²) in [5.41, 5.74) is 0.138. The van der Waals surface area contributed by atoms with E-state index in [1.165, 1.54) is 16.8 Å². The predicted octanol–water partition coefficient (Wildman–Crippen LogP) is 3.66. The Labute approximate surface area is 224 Å². The van der Waals surface area contributed by atoms with Crippen LogP contribution >= 0.6 is 0 Å². The number of benzene rings is 2. The Morgan fingerprint density at radius 1 is 1.03 bits per heavy atom. The number of anilines is 1. The second-order valence-electron chi connectivity index (χ2n) is 9.59. The minimum absolute atomic E-state index is 0.0122. The average molecular weight is 561 g/mol. The lowest BCUT2D eigenvalue weighted by molar-refractivity contribution is 0.380. The van der Waals surface area contributed by atoms with Gasteiger partial charge in [-0.25, -0.2) is 17.2 Å². The first kappa shape index (κ1) is 26.9. The molecule has 1 unspecified atom stereocenters. The van der Waals surface area contributed by atoms with Crippen LogP contribution in [-0.2, 0) is 15.8 Å². The van der Waals surface area contributed by atoms with Gasteiger partial charge >= 0.3 is 5.56 Å². The number of sulfonamides is 1. The molecule has 0 radical (unpaired) electrons. The van der Waals surface area contributed by atoms with Crippen LogP contribution in [0.5, 0.6) is 5.75 Å². The van der Waals surface area contributed by atoms with Crippen molar-refractivity contribution in [1.82, 2.24) is 14.1 Å². The van der Waals surface area contributed by atoms with Gasteiger partial charge in [0.25, 0.3) is 0 Å². The van der Waals surface area contributed by atoms with Crippen LogP contribution in [0.2, 0.25) is 0 Å². The molecule has 2 atom stereocenters. The van der Waals surface area contributed by atoms with Gasteiger partial charge in [-0.2, -0.15) is 14.1 Å². The van der Waals surface area contributed by atoms with Gasteiger partial charge in [-0.1, -0.05) is 30.3 Å². The van der Waals surface area contributed by atoms with Gasteiger partial charge in [-0.3, -0.25) is 9.18 Å². The van der Waals surface area contributed by atoms with E-state index in [1.54, 1.807) is 35.2 Å². The highest BCUT2D eigenvalue weighted by molar-refractivity contribution is 7.88. The first-order valence-electron chi connectivity index (χ1n) is 12.5. The van der Waals surface area contributed by atoms with Crippen LogP contribution in [0.3, 0.4) is 0 Å². The van der Waals surface area contributed by atoms with Gasteiger partial charge in [0.05, 0.1) is 30.6 Å². The van der Waals surface area contributed by atoms with E-state index in [1.807, 2.05) is 6.07 Å². The zero-order valence-electron chi connectivity index (χ0n) is 20.9. The summed E-state index contributed by atoms with van der Waals surface area (Å²) in [5.74, 6) is -2.05. The van der Waals surface area contributed by atoms with Gasteiger partial charge in [0.2, 0.25) is 15.8 Å². The summed E-state index contributed by atoms with van der Waals surface area (Å²) in [6.45, 7) is 0.456. The number of halogens is 3. The topological polar surface area (TPSA) is 84.7 Å². The van der Waals surface area contributed by atoms with Crippen molar-refractivity contribution in [1.29, 1.82) is 0 Å². The third kappa shape index (κ3) is 6.17. The Morgan fingerprint density at radius 3 is 2.36 bits per heavy atom. The Balaban J connectivity index is 1.39. The number of ether oxygens (including phenoxy) is 1. The standard InChI is InChI=1S/C27H27F3N4O4S/c28-16-21-12-20(21)6-11-38-26-25(17-31-34(27(26)35)24-14-22(29)13-23(30)15-24)32-7-9-33(10-8-32)39(36,37)18-19-4-2-1-3-5-19/h1-6,11,13-15,17,20-21H,7-10,12,16,18H2/b11-6+/t20?,21-/m1/s1. The fraction of sp³-hybridized carbons (Fsp3) is 0.333. The second kappa shape index (κ2) is 11.2. The van der Waals surface area contributed by atoms with E-state index in [2.05, 4.69) is 5.10 Å². The molecule has 5 rings (SSSR count). The third-order valence-electron chi connectivity index (χ3n) is 6.86. The molecule has 2 aliphatic rings. The van der Waals surface area contributed by atoms with Crippen LogP contribution in [0.1, 0.15) is 12.0 Å². The molecule has 39 heavy (non-hydrogen) atoms. The first-order chi connectivity index (χ1) is 18.7. The van der Waals surface area contributed by atoms with Crippen LogP contribution in [0.4, 0.5) is 18.9 Å². The van der Waals surface area contributed by atoms with Crippen molar-refractivity contribution in [3.8, 4) is 11.4 Å². The number of piperazine rings is 1. The van der Waals surface area contributed by atoms with E-state index in [0.29, 0.717) is 23.7 Å². The molecule has 1 aliphatic heterocycles. The van der Waals surface area contributed by atoms with E-state index >= 15 is 0 Å². The molecule has 1 aromatic heterocycles. The lowest BCUT2D eigenvalue weighted by atomic mass is 10.2. The summed E-state index contributed by atoms with van der Waals surface area (Å²) in [6, 6.07) is 11.5. The molecule has 0 amide bonds. The lowest BCUT2D eigenvalue weighted by Crippen LogP contribution is -2.49. The van der Waals surface area contributed by atoms with Crippen molar-refractivity contribution >= 4 is 15.7 Å². The summed E-state index contributed by atoms with van der Waals surface area (Å²) < 4.78 is 74.4. The summed E-state index contributed by atoms with van der Waals surface area (Å²) >= 11 is 0. The number of hydrogen-bond acceptors (Lipinski definition) is 6. The lowest BCUT2D eigenvalue weighted by Gasteiger charge is -2.35. The van der Waals surface area contributed by atoms with Gasteiger partial charge < -0.3 is 9.64 Å². The molecular formula is C27H27F3N4O4S. The Bertz CT molecular complexity index is 1500. The van der Waals surface area contributed by atoms with E-state index < -0.39 is 33.9 Å². The molecule has 2 fully saturated rings. The molecule has 0 spiro atoms. The number of hydrogen-bond donors (Lipinski definition) is 0. The fourth-order valence-corrected chi connectivity index (χ4v) is 6.10. The number of aromatic nitrogens is 2. The van der Waals surface area contributed by atoms with Crippen molar-refractivity contribution in [3.63, 3.8) is 0 Å². The third-order valence-corrected chi connectivity index (χ3v) is 8.71. The van der Waals surface area contributed by atoms with Crippen LogP contribution in [0, 0.1) is 23.5 Å². The van der Waals surface area contributed by atoms with Crippen molar-refractivity contribution in [2.75, 3.05) is 37.8 Å². The summed E-state index contributed by atoms with van der Waals surface area (Å²) in [5, 5.41) is 4.11. The second-order valence-corrected chi connectivity index (χ2v) is 11.6. The molecule has 0 N–H and O–H groups in total. The Morgan fingerprint density at radius 2 is 1.72 bits per heavy atom. The molecule has 1 aliphatic carbocycles. The molecule has 206 valence electrons. The van der Waals surface area contributed by atoms with Gasteiger partial charge in [-0.15, -0.1) is 0 Å². The zero-order valence-corrected chi connectivity index (χ0v) is 21.7. The van der Waals surface area contributed by atoms with Crippen molar-refractivity contribution in [3.05, 3.63) is 94.6 Å². The molecular weight excluding hydrogens is 533 g/mol. The van der Waals surface area contributed by atoms with E-state index in [4.69, 9.17) is 4.74 Å². The van der Waals surface area contributed by atoms with Gasteiger partial charge in [0, 0.05) is 32.2 Å².